The molecule has 1 fully saturated rings. The predicted octanol–water partition coefficient (Wildman–Crippen LogP) is 9.27. The minimum absolute atomic E-state index is 0.0995. The molecule has 0 aliphatic heterocycles. The van der Waals surface area contributed by atoms with Crippen molar-refractivity contribution in [2.24, 2.45) is 11.8 Å². The molecule has 0 radical (unpaired) electrons. The second kappa shape index (κ2) is 11.0. The van der Waals surface area contributed by atoms with Gasteiger partial charge in [-0.2, -0.15) is 0 Å². The van der Waals surface area contributed by atoms with Gasteiger partial charge >= 0.3 is 0 Å². The number of aryl methyl sites for hydroxylation is 1. The molecule has 0 N–H and O–H groups in total. The molecule has 0 saturated heterocycles. The monoisotopic (exact) mass is 476 g/mol. The third kappa shape index (κ3) is 5.55. The largest absolute Gasteiger partial charge is 0.204 e. The molecule has 4 rings (SSSR count). The van der Waals surface area contributed by atoms with Crippen molar-refractivity contribution in [3.63, 3.8) is 0 Å². The highest BCUT2D eigenvalue weighted by Gasteiger charge is 2.27. The van der Waals surface area contributed by atoms with Crippen LogP contribution >= 0.6 is 0 Å². The Hall–Kier alpha value is -2.17. The van der Waals surface area contributed by atoms with Gasteiger partial charge in [0.2, 0.25) is 0 Å². The van der Waals surface area contributed by atoms with Gasteiger partial charge in [0.05, 0.1) is 0 Å². The average molecular weight is 477 g/mol. The second-order valence-electron chi connectivity index (χ2n) is 10.1. The minimum atomic E-state index is -1.45. The molecule has 2 aromatic rings. The molecule has 2 aromatic carbocycles. The second-order valence-corrected chi connectivity index (χ2v) is 10.1. The van der Waals surface area contributed by atoms with E-state index in [1.165, 1.54) is 12.8 Å². The van der Waals surface area contributed by atoms with Crippen LogP contribution in [0.25, 0.3) is 5.57 Å². The quantitative estimate of drug-likeness (QED) is 0.276. The first-order chi connectivity index (χ1) is 16.4. The standard InChI is InChI=1S/C29H33F5/c1-2-3-18-6-10-21(11-7-18)23-14-15-24(28(33)27(23)32)22-12-8-19(9-13-22)4-5-20-16-25(30)29(34)26(31)17-20/h12,14-19,21H,2-11,13H2,1H3. The van der Waals surface area contributed by atoms with Crippen molar-refractivity contribution >= 4 is 5.57 Å². The van der Waals surface area contributed by atoms with Crippen molar-refractivity contribution in [1.29, 1.82) is 0 Å². The number of rotatable bonds is 7. The van der Waals surface area contributed by atoms with Gasteiger partial charge < -0.3 is 0 Å². The normalized spacial score (nSPS) is 23.1. The lowest BCUT2D eigenvalue weighted by molar-refractivity contribution is 0.303. The maximum absolute atomic E-state index is 15.1. The van der Waals surface area contributed by atoms with Crippen LogP contribution in [0, 0.1) is 40.9 Å². The molecule has 1 unspecified atom stereocenters. The molecule has 0 heterocycles. The summed E-state index contributed by atoms with van der Waals surface area (Å²) in [5, 5.41) is 0. The van der Waals surface area contributed by atoms with Gasteiger partial charge in [-0.1, -0.05) is 38.0 Å². The van der Waals surface area contributed by atoms with E-state index in [0.717, 1.165) is 55.7 Å². The summed E-state index contributed by atoms with van der Waals surface area (Å²) in [6.45, 7) is 2.19. The lowest BCUT2D eigenvalue weighted by Crippen LogP contribution is -2.15. The molecular weight excluding hydrogens is 443 g/mol. The van der Waals surface area contributed by atoms with Gasteiger partial charge in [0, 0.05) is 5.56 Å². The van der Waals surface area contributed by atoms with Crippen LogP contribution in [0.5, 0.6) is 0 Å². The van der Waals surface area contributed by atoms with Gasteiger partial charge in [0.15, 0.2) is 29.1 Å². The van der Waals surface area contributed by atoms with Crippen LogP contribution in [0.15, 0.2) is 30.3 Å². The first-order valence-electron chi connectivity index (χ1n) is 12.7. The van der Waals surface area contributed by atoms with E-state index in [4.69, 9.17) is 0 Å². The fraction of sp³-hybridized carbons (Fsp3) is 0.517. The maximum atomic E-state index is 15.1. The highest BCUT2D eigenvalue weighted by Crippen LogP contribution is 2.41. The summed E-state index contributed by atoms with van der Waals surface area (Å²) in [5.41, 5.74) is 2.12. The Bertz CT molecular complexity index is 1010. The summed E-state index contributed by atoms with van der Waals surface area (Å²) in [6.07, 6.45) is 11.7. The first kappa shape index (κ1) is 24.9. The van der Waals surface area contributed by atoms with Crippen LogP contribution in [0.1, 0.15) is 93.7 Å². The van der Waals surface area contributed by atoms with Crippen LogP contribution in [0.2, 0.25) is 0 Å². The highest BCUT2D eigenvalue weighted by atomic mass is 19.2. The molecule has 1 saturated carbocycles. The minimum Gasteiger partial charge on any atom is -0.204 e. The summed E-state index contributed by atoms with van der Waals surface area (Å²) in [6, 6.07) is 5.60. The highest BCUT2D eigenvalue weighted by molar-refractivity contribution is 5.67. The van der Waals surface area contributed by atoms with Crippen molar-refractivity contribution in [3.05, 3.63) is 76.1 Å². The van der Waals surface area contributed by atoms with Gasteiger partial charge in [0.25, 0.3) is 0 Å². The lowest BCUT2D eigenvalue weighted by Gasteiger charge is -2.29. The van der Waals surface area contributed by atoms with E-state index in [1.54, 1.807) is 12.1 Å². The van der Waals surface area contributed by atoms with E-state index in [2.05, 4.69) is 6.92 Å². The van der Waals surface area contributed by atoms with Crippen molar-refractivity contribution < 1.29 is 22.0 Å². The molecule has 184 valence electrons. The number of hydrogen-bond acceptors (Lipinski definition) is 0. The van der Waals surface area contributed by atoms with E-state index in [-0.39, 0.29) is 11.8 Å². The zero-order valence-corrected chi connectivity index (χ0v) is 19.8. The predicted molar refractivity (Wildman–Crippen MR) is 126 cm³/mol. The lowest BCUT2D eigenvalue weighted by atomic mass is 9.76. The summed E-state index contributed by atoms with van der Waals surface area (Å²) in [7, 11) is 0. The van der Waals surface area contributed by atoms with Crippen LogP contribution in [-0.4, -0.2) is 0 Å². The molecule has 0 bridgehead atoms. The third-order valence-electron chi connectivity index (χ3n) is 7.85. The molecule has 34 heavy (non-hydrogen) atoms. The van der Waals surface area contributed by atoms with Gasteiger partial charge in [-0.15, -0.1) is 0 Å². The van der Waals surface area contributed by atoms with E-state index >= 15 is 8.78 Å². The van der Waals surface area contributed by atoms with Gasteiger partial charge in [-0.3, -0.25) is 0 Å². The molecule has 0 nitrogen and oxygen atoms in total. The van der Waals surface area contributed by atoms with Gasteiger partial charge in [0.1, 0.15) is 0 Å². The average Bonchev–Trinajstić information content (AvgIpc) is 2.84. The maximum Gasteiger partial charge on any atom is 0.194 e. The molecular formula is C29H33F5. The van der Waals surface area contributed by atoms with Crippen molar-refractivity contribution in [2.45, 2.75) is 83.5 Å². The van der Waals surface area contributed by atoms with Crippen LogP contribution < -0.4 is 0 Å². The number of halogens is 5. The number of benzene rings is 2. The Morgan fingerprint density at radius 2 is 1.47 bits per heavy atom. The number of hydrogen-bond donors (Lipinski definition) is 0. The summed E-state index contributed by atoms with van der Waals surface area (Å²) in [4.78, 5) is 0. The smallest absolute Gasteiger partial charge is 0.194 e. The van der Waals surface area contributed by atoms with Crippen molar-refractivity contribution in [3.8, 4) is 0 Å². The van der Waals surface area contributed by atoms with Gasteiger partial charge in [-0.05, 0) is 104 Å². The van der Waals surface area contributed by atoms with Crippen LogP contribution in [0.3, 0.4) is 0 Å². The summed E-state index contributed by atoms with van der Waals surface area (Å²) < 4.78 is 70.1. The van der Waals surface area contributed by atoms with E-state index in [0.29, 0.717) is 42.4 Å². The zero-order chi connectivity index (χ0) is 24.2. The van der Waals surface area contributed by atoms with Gasteiger partial charge in [-0.25, -0.2) is 22.0 Å². The SMILES string of the molecule is CCCC1CCC(c2ccc(C3=CCC(CCc4cc(F)c(F)c(F)c4)CC3)c(F)c2F)CC1. The van der Waals surface area contributed by atoms with E-state index in [9.17, 15) is 13.2 Å². The first-order valence-corrected chi connectivity index (χ1v) is 12.7. The molecule has 0 aromatic heterocycles. The molecule has 0 spiro atoms. The molecule has 0 amide bonds. The number of allylic oxidation sites excluding steroid dienone is 2. The summed E-state index contributed by atoms with van der Waals surface area (Å²) in [5.74, 6) is -4.12. The Morgan fingerprint density at radius 3 is 2.09 bits per heavy atom. The van der Waals surface area contributed by atoms with Crippen LogP contribution in [-0.2, 0) is 6.42 Å². The Balaban J connectivity index is 1.37. The third-order valence-corrected chi connectivity index (χ3v) is 7.85. The topological polar surface area (TPSA) is 0 Å². The zero-order valence-electron chi connectivity index (χ0n) is 19.8. The van der Waals surface area contributed by atoms with Crippen molar-refractivity contribution in [1.82, 2.24) is 0 Å². The fourth-order valence-corrected chi connectivity index (χ4v) is 5.82. The molecule has 1 atom stereocenters. The van der Waals surface area contributed by atoms with E-state index < -0.39 is 29.1 Å². The Kier molecular flexibility index (Phi) is 8.10. The van der Waals surface area contributed by atoms with Crippen molar-refractivity contribution in [2.75, 3.05) is 0 Å². The summed E-state index contributed by atoms with van der Waals surface area (Å²) >= 11 is 0. The Labute approximate surface area is 199 Å². The molecule has 2 aliphatic rings. The Morgan fingerprint density at radius 1 is 0.765 bits per heavy atom. The van der Waals surface area contributed by atoms with Crippen LogP contribution in [0.4, 0.5) is 22.0 Å². The molecule has 5 heteroatoms. The fourth-order valence-electron chi connectivity index (χ4n) is 5.82. The molecule has 2 aliphatic carbocycles. The van der Waals surface area contributed by atoms with E-state index in [1.807, 2.05) is 6.08 Å².